The van der Waals surface area contributed by atoms with Crippen LogP contribution in [0.2, 0.25) is 0 Å². The first-order valence-electron chi connectivity index (χ1n) is 3.38. The molecule has 0 nitrogen and oxygen atoms in total. The van der Waals surface area contributed by atoms with Gasteiger partial charge in [0, 0.05) is 0 Å². The normalized spacial score (nSPS) is 9.70. The van der Waals surface area contributed by atoms with E-state index < -0.39 is 0 Å². The van der Waals surface area contributed by atoms with Crippen LogP contribution in [-0.2, 0) is 6.42 Å². The second-order valence-electron chi connectivity index (χ2n) is 2.31. The zero-order valence-corrected chi connectivity index (χ0v) is 6.09. The van der Waals surface area contributed by atoms with Crippen LogP contribution in [-0.4, -0.2) is 15.7 Å². The Hall–Kier alpha value is -0.650. The first-order valence-corrected chi connectivity index (χ1v) is 3.38. The van der Waals surface area contributed by atoms with E-state index in [0.717, 1.165) is 22.9 Å². The molecule has 0 aliphatic carbocycles. The van der Waals surface area contributed by atoms with Crippen LogP contribution in [0.15, 0.2) is 18.2 Å². The van der Waals surface area contributed by atoms with Gasteiger partial charge in [-0.3, -0.25) is 0 Å². The van der Waals surface area contributed by atoms with Crippen molar-refractivity contribution in [2.75, 3.05) is 0 Å². The number of benzene rings is 1. The van der Waals surface area contributed by atoms with Gasteiger partial charge in [0.25, 0.3) is 0 Å². The lowest BCUT2D eigenvalue weighted by Gasteiger charge is -2.02. The number of hydrogen-bond acceptors (Lipinski definition) is 0. The zero-order valence-electron chi connectivity index (χ0n) is 6.09. The molecule has 4 radical (unpaired) electrons. The summed E-state index contributed by atoms with van der Waals surface area (Å²) >= 11 is 0. The summed E-state index contributed by atoms with van der Waals surface area (Å²) < 4.78 is 0. The van der Waals surface area contributed by atoms with E-state index in [4.69, 9.17) is 15.7 Å². The minimum absolute atomic E-state index is 0.731. The van der Waals surface area contributed by atoms with Crippen LogP contribution >= 0.6 is 0 Å². The second-order valence-corrected chi connectivity index (χ2v) is 2.31. The molecule has 1 rings (SSSR count). The summed E-state index contributed by atoms with van der Waals surface area (Å²) in [6.07, 6.45) is 0.964. The van der Waals surface area contributed by atoms with E-state index in [9.17, 15) is 0 Å². The number of aryl methyl sites for hydroxylation is 1. The van der Waals surface area contributed by atoms with Gasteiger partial charge in [-0.15, -0.1) is 0 Å². The highest BCUT2D eigenvalue weighted by Crippen LogP contribution is 1.91. The Labute approximate surface area is 64.5 Å². The van der Waals surface area contributed by atoms with Crippen LogP contribution in [0, 0.1) is 0 Å². The fourth-order valence-electron chi connectivity index (χ4n) is 0.935. The van der Waals surface area contributed by atoms with E-state index >= 15 is 0 Å². The first-order chi connectivity index (χ1) is 4.74. The predicted octanol–water partition coefficient (Wildman–Crippen LogP) is -0.163. The molecule has 0 heterocycles. The molecule has 1 aromatic carbocycles. The molecule has 0 saturated heterocycles. The van der Waals surface area contributed by atoms with Gasteiger partial charge in [0.2, 0.25) is 0 Å². The SMILES string of the molecule is [B]c1ccc(CC)c([B])c1. The van der Waals surface area contributed by atoms with Crippen molar-refractivity contribution >= 4 is 26.6 Å². The molecule has 0 saturated carbocycles. The third-order valence-corrected chi connectivity index (χ3v) is 1.55. The lowest BCUT2D eigenvalue weighted by atomic mass is 9.83. The summed E-state index contributed by atoms with van der Waals surface area (Å²) in [5.74, 6) is 0. The molecule has 0 aromatic heterocycles. The molecule has 10 heavy (non-hydrogen) atoms. The average molecular weight is 126 g/mol. The van der Waals surface area contributed by atoms with Gasteiger partial charge in [-0.05, 0) is 6.42 Å². The largest absolute Gasteiger partial charge is 0.114 e. The van der Waals surface area contributed by atoms with E-state index in [2.05, 4.69) is 6.92 Å². The van der Waals surface area contributed by atoms with E-state index in [1.165, 1.54) is 0 Å². The Morgan fingerprint density at radius 1 is 1.30 bits per heavy atom. The molecular formula is C8H8B2. The molecule has 0 unspecified atom stereocenters. The topological polar surface area (TPSA) is 0 Å². The maximum Gasteiger partial charge on any atom is 0.114 e. The summed E-state index contributed by atoms with van der Waals surface area (Å²) in [4.78, 5) is 0. The zero-order chi connectivity index (χ0) is 7.56. The third-order valence-electron chi connectivity index (χ3n) is 1.55. The van der Waals surface area contributed by atoms with Crippen molar-refractivity contribution in [3.05, 3.63) is 23.8 Å². The van der Waals surface area contributed by atoms with E-state index in [1.807, 2.05) is 12.1 Å². The molecule has 0 bridgehead atoms. The molecule has 0 aliphatic rings. The predicted molar refractivity (Wildman–Crippen MR) is 46.6 cm³/mol. The molecule has 1 aromatic rings. The van der Waals surface area contributed by atoms with Crippen molar-refractivity contribution < 1.29 is 0 Å². The van der Waals surface area contributed by atoms with Crippen molar-refractivity contribution in [3.8, 4) is 0 Å². The van der Waals surface area contributed by atoms with Crippen molar-refractivity contribution in [2.24, 2.45) is 0 Å². The summed E-state index contributed by atoms with van der Waals surface area (Å²) in [6, 6.07) is 5.62. The van der Waals surface area contributed by atoms with Gasteiger partial charge in [0.05, 0.1) is 0 Å². The third kappa shape index (κ3) is 1.44. The lowest BCUT2D eigenvalue weighted by Crippen LogP contribution is -2.16. The standard InChI is InChI=1S/C8H8B2/c1-2-6-3-4-7(9)5-8(6)10/h3-5H,2H2,1H3. The molecule has 0 atom stereocenters. The van der Waals surface area contributed by atoms with E-state index in [-0.39, 0.29) is 0 Å². The van der Waals surface area contributed by atoms with Crippen LogP contribution in [0.1, 0.15) is 12.5 Å². The van der Waals surface area contributed by atoms with Crippen LogP contribution in [0.4, 0.5) is 0 Å². The van der Waals surface area contributed by atoms with Gasteiger partial charge in [-0.25, -0.2) is 0 Å². The minimum atomic E-state index is 0.731. The molecule has 0 spiro atoms. The summed E-state index contributed by atoms with van der Waals surface area (Å²) in [6.45, 7) is 2.07. The highest BCUT2D eigenvalue weighted by atomic mass is 13.9. The fraction of sp³-hybridized carbons (Fsp3) is 0.250. The molecule has 2 heteroatoms. The van der Waals surface area contributed by atoms with Gasteiger partial charge >= 0.3 is 0 Å². The highest BCUT2D eigenvalue weighted by Gasteiger charge is 1.92. The van der Waals surface area contributed by atoms with Crippen LogP contribution in [0.25, 0.3) is 0 Å². The number of hydrogen-bond donors (Lipinski definition) is 0. The molecule has 0 amide bonds. The van der Waals surface area contributed by atoms with Gasteiger partial charge in [0.15, 0.2) is 0 Å². The molecule has 46 valence electrons. The van der Waals surface area contributed by atoms with Gasteiger partial charge in [-0.1, -0.05) is 41.6 Å². The molecular weight excluding hydrogens is 118 g/mol. The van der Waals surface area contributed by atoms with E-state index in [1.54, 1.807) is 6.07 Å². The maximum atomic E-state index is 5.65. The van der Waals surface area contributed by atoms with Crippen molar-refractivity contribution in [3.63, 3.8) is 0 Å². The molecule has 0 N–H and O–H groups in total. The monoisotopic (exact) mass is 126 g/mol. The lowest BCUT2D eigenvalue weighted by molar-refractivity contribution is 1.16. The summed E-state index contributed by atoms with van der Waals surface area (Å²) in [5, 5.41) is 0. The van der Waals surface area contributed by atoms with Crippen LogP contribution in [0.5, 0.6) is 0 Å². The fourth-order valence-corrected chi connectivity index (χ4v) is 0.935. The van der Waals surface area contributed by atoms with Crippen molar-refractivity contribution in [2.45, 2.75) is 13.3 Å². The summed E-state index contributed by atoms with van der Waals surface area (Å²) in [7, 11) is 11.2. The highest BCUT2D eigenvalue weighted by molar-refractivity contribution is 6.38. The van der Waals surface area contributed by atoms with Crippen molar-refractivity contribution in [1.29, 1.82) is 0 Å². The van der Waals surface area contributed by atoms with Gasteiger partial charge in [-0.2, -0.15) is 0 Å². The first kappa shape index (κ1) is 7.46. The van der Waals surface area contributed by atoms with Crippen LogP contribution < -0.4 is 10.9 Å². The smallest absolute Gasteiger partial charge is 0.0972 e. The Morgan fingerprint density at radius 2 is 2.00 bits per heavy atom. The Balaban J connectivity index is 3.07. The maximum absolute atomic E-state index is 5.65. The van der Waals surface area contributed by atoms with Gasteiger partial charge < -0.3 is 0 Å². The number of rotatable bonds is 1. The Morgan fingerprint density at radius 3 is 2.50 bits per heavy atom. The Kier molecular flexibility index (Phi) is 2.21. The van der Waals surface area contributed by atoms with Crippen LogP contribution in [0.3, 0.4) is 0 Å². The van der Waals surface area contributed by atoms with Crippen molar-refractivity contribution in [1.82, 2.24) is 0 Å². The quantitative estimate of drug-likeness (QED) is 0.458. The van der Waals surface area contributed by atoms with Gasteiger partial charge in [0.1, 0.15) is 15.7 Å². The minimum Gasteiger partial charge on any atom is -0.0972 e. The summed E-state index contributed by atoms with van der Waals surface area (Å²) in [5.41, 5.74) is 2.69. The molecule has 0 aliphatic heterocycles. The average Bonchev–Trinajstić information content (AvgIpc) is 1.88. The van der Waals surface area contributed by atoms with E-state index in [0.29, 0.717) is 0 Å². The Bertz CT molecular complexity index is 231. The molecule has 0 fully saturated rings. The second kappa shape index (κ2) is 2.96.